The van der Waals surface area contributed by atoms with Crippen LogP contribution >= 0.6 is 11.3 Å². The summed E-state index contributed by atoms with van der Waals surface area (Å²) in [6, 6.07) is 4.25. The predicted molar refractivity (Wildman–Crippen MR) is 66.6 cm³/mol. The molecule has 3 nitrogen and oxygen atoms in total. The van der Waals surface area contributed by atoms with Gasteiger partial charge in [0.05, 0.1) is 6.54 Å². The number of hydrogen-bond donors (Lipinski definition) is 1. The molecule has 4 heteroatoms. The lowest BCUT2D eigenvalue weighted by Gasteiger charge is -2.20. The van der Waals surface area contributed by atoms with Gasteiger partial charge in [-0.2, -0.15) is 0 Å². The van der Waals surface area contributed by atoms with Crippen LogP contribution in [0.4, 0.5) is 0 Å². The van der Waals surface area contributed by atoms with Crippen LogP contribution in [0.2, 0.25) is 0 Å². The van der Waals surface area contributed by atoms with Crippen LogP contribution in [0.1, 0.15) is 38.6 Å². The first kappa shape index (κ1) is 13.2. The van der Waals surface area contributed by atoms with Gasteiger partial charge in [0, 0.05) is 10.9 Å². The van der Waals surface area contributed by atoms with E-state index in [-0.39, 0.29) is 18.6 Å². The number of ether oxygens (including phenoxy) is 1. The van der Waals surface area contributed by atoms with Crippen LogP contribution in [0.15, 0.2) is 17.5 Å². The zero-order valence-electron chi connectivity index (χ0n) is 10.2. The highest BCUT2D eigenvalue weighted by Gasteiger charge is 2.16. The lowest BCUT2D eigenvalue weighted by molar-refractivity contribution is -0.153. The topological polar surface area (TPSA) is 38.3 Å². The van der Waals surface area contributed by atoms with E-state index in [0.717, 1.165) is 0 Å². The Hall–Kier alpha value is -0.870. The van der Waals surface area contributed by atoms with Gasteiger partial charge < -0.3 is 4.74 Å². The van der Waals surface area contributed by atoms with Crippen LogP contribution in [0, 0.1) is 0 Å². The molecular formula is C12H19NO2S. The monoisotopic (exact) mass is 241 g/mol. The summed E-state index contributed by atoms with van der Waals surface area (Å²) in [5.74, 6) is -0.212. The average molecular weight is 241 g/mol. The lowest BCUT2D eigenvalue weighted by atomic mass is 10.2. The van der Waals surface area contributed by atoms with Crippen LogP contribution in [-0.4, -0.2) is 18.1 Å². The molecule has 1 aromatic rings. The number of carbonyl (C=O) groups excluding carboxylic acids is 1. The normalized spacial score (nSPS) is 13.5. The van der Waals surface area contributed by atoms with Gasteiger partial charge in [0.2, 0.25) is 0 Å². The zero-order valence-corrected chi connectivity index (χ0v) is 11.1. The van der Waals surface area contributed by atoms with Gasteiger partial charge in [-0.3, -0.25) is 10.1 Å². The van der Waals surface area contributed by atoms with E-state index >= 15 is 0 Å². The van der Waals surface area contributed by atoms with Crippen molar-refractivity contribution >= 4 is 17.3 Å². The number of esters is 1. The van der Waals surface area contributed by atoms with E-state index in [1.54, 1.807) is 11.3 Å². The molecule has 0 aliphatic rings. The Morgan fingerprint density at radius 2 is 2.25 bits per heavy atom. The summed E-state index contributed by atoms with van der Waals surface area (Å²) in [5.41, 5.74) is -0.412. The van der Waals surface area contributed by atoms with Crippen molar-refractivity contribution in [3.05, 3.63) is 22.4 Å². The van der Waals surface area contributed by atoms with Crippen molar-refractivity contribution in [2.24, 2.45) is 0 Å². The van der Waals surface area contributed by atoms with E-state index in [0.29, 0.717) is 0 Å². The molecule has 16 heavy (non-hydrogen) atoms. The van der Waals surface area contributed by atoms with Gasteiger partial charge >= 0.3 is 5.97 Å². The van der Waals surface area contributed by atoms with Gasteiger partial charge in [-0.15, -0.1) is 11.3 Å². The van der Waals surface area contributed by atoms with Gasteiger partial charge in [-0.05, 0) is 39.1 Å². The molecule has 0 unspecified atom stereocenters. The number of nitrogens with one attached hydrogen (secondary N) is 1. The summed E-state index contributed by atoms with van der Waals surface area (Å²) in [5, 5.41) is 5.17. The first-order chi connectivity index (χ1) is 7.38. The van der Waals surface area contributed by atoms with E-state index in [4.69, 9.17) is 4.74 Å². The molecule has 90 valence electrons. The van der Waals surface area contributed by atoms with E-state index in [9.17, 15) is 4.79 Å². The van der Waals surface area contributed by atoms with Crippen molar-refractivity contribution in [2.45, 2.75) is 39.3 Å². The molecule has 0 radical (unpaired) electrons. The highest BCUT2D eigenvalue weighted by molar-refractivity contribution is 7.10. The molecule has 1 aromatic heterocycles. The Morgan fingerprint density at radius 1 is 1.56 bits per heavy atom. The minimum Gasteiger partial charge on any atom is -0.459 e. The molecule has 0 bridgehead atoms. The van der Waals surface area contributed by atoms with Crippen molar-refractivity contribution in [1.82, 2.24) is 5.32 Å². The van der Waals surface area contributed by atoms with Crippen LogP contribution in [0.25, 0.3) is 0 Å². The van der Waals surface area contributed by atoms with Gasteiger partial charge in [0.1, 0.15) is 5.60 Å². The number of thiophene rings is 1. The van der Waals surface area contributed by atoms with Crippen LogP contribution in [0.5, 0.6) is 0 Å². The standard InChI is InChI=1S/C12H19NO2S/c1-9(10-6-5-7-16-10)13-8-11(14)15-12(2,3)4/h5-7,9,13H,8H2,1-4H3/t9-/m1/s1. The second-order valence-corrected chi connectivity index (χ2v) is 5.68. The lowest BCUT2D eigenvalue weighted by Crippen LogP contribution is -2.32. The SMILES string of the molecule is C[C@@H](NCC(=O)OC(C)(C)C)c1cccs1. The minimum absolute atomic E-state index is 0.188. The third-order valence-electron chi connectivity index (χ3n) is 1.94. The van der Waals surface area contributed by atoms with Gasteiger partial charge in [0.25, 0.3) is 0 Å². The maximum Gasteiger partial charge on any atom is 0.320 e. The molecule has 1 atom stereocenters. The summed E-state index contributed by atoms with van der Waals surface area (Å²) >= 11 is 1.68. The van der Waals surface area contributed by atoms with E-state index in [2.05, 4.69) is 11.4 Å². The summed E-state index contributed by atoms with van der Waals surface area (Å²) in [7, 11) is 0. The fraction of sp³-hybridized carbons (Fsp3) is 0.583. The summed E-state index contributed by atoms with van der Waals surface area (Å²) in [4.78, 5) is 12.7. The molecular weight excluding hydrogens is 222 g/mol. The first-order valence-electron chi connectivity index (χ1n) is 5.37. The first-order valence-corrected chi connectivity index (χ1v) is 6.25. The van der Waals surface area contributed by atoms with Crippen LogP contribution in [0.3, 0.4) is 0 Å². The highest BCUT2D eigenvalue weighted by atomic mass is 32.1. The fourth-order valence-corrected chi connectivity index (χ4v) is 2.01. The molecule has 0 saturated heterocycles. The van der Waals surface area contributed by atoms with Crippen molar-refractivity contribution in [1.29, 1.82) is 0 Å². The average Bonchev–Trinajstić information content (AvgIpc) is 2.64. The predicted octanol–water partition coefficient (Wildman–Crippen LogP) is 2.74. The maximum atomic E-state index is 11.5. The Labute approximate surface area is 101 Å². The van der Waals surface area contributed by atoms with Gasteiger partial charge in [0.15, 0.2) is 0 Å². The number of hydrogen-bond acceptors (Lipinski definition) is 4. The van der Waals surface area contributed by atoms with E-state index in [1.807, 2.05) is 39.1 Å². The maximum absolute atomic E-state index is 11.5. The Morgan fingerprint density at radius 3 is 2.75 bits per heavy atom. The van der Waals surface area contributed by atoms with E-state index < -0.39 is 5.60 Å². The van der Waals surface area contributed by atoms with Gasteiger partial charge in [-0.25, -0.2) is 0 Å². The smallest absolute Gasteiger partial charge is 0.320 e. The van der Waals surface area contributed by atoms with Crippen LogP contribution < -0.4 is 5.32 Å². The number of rotatable bonds is 4. The molecule has 0 aromatic carbocycles. The Kier molecular flexibility index (Phi) is 4.50. The van der Waals surface area contributed by atoms with Crippen molar-refractivity contribution < 1.29 is 9.53 Å². The molecule has 0 amide bonds. The van der Waals surface area contributed by atoms with E-state index in [1.165, 1.54) is 4.88 Å². The van der Waals surface area contributed by atoms with Crippen molar-refractivity contribution in [2.75, 3.05) is 6.54 Å². The summed E-state index contributed by atoms with van der Waals surface area (Å²) in [6.45, 7) is 7.89. The molecule has 0 aliphatic heterocycles. The molecule has 0 fully saturated rings. The largest absolute Gasteiger partial charge is 0.459 e. The van der Waals surface area contributed by atoms with Gasteiger partial charge in [-0.1, -0.05) is 6.07 Å². The minimum atomic E-state index is -0.412. The zero-order chi connectivity index (χ0) is 12.2. The van der Waals surface area contributed by atoms with Crippen molar-refractivity contribution in [3.63, 3.8) is 0 Å². The Bertz CT molecular complexity index is 327. The van der Waals surface area contributed by atoms with Crippen LogP contribution in [-0.2, 0) is 9.53 Å². The number of carbonyl (C=O) groups is 1. The highest BCUT2D eigenvalue weighted by Crippen LogP contribution is 2.17. The quantitative estimate of drug-likeness (QED) is 0.824. The molecule has 1 rings (SSSR count). The molecule has 0 saturated carbocycles. The second kappa shape index (κ2) is 5.46. The molecule has 1 N–H and O–H groups in total. The third kappa shape index (κ3) is 4.77. The summed E-state index contributed by atoms with van der Waals surface area (Å²) in [6.07, 6.45) is 0. The fourth-order valence-electron chi connectivity index (χ4n) is 1.25. The van der Waals surface area contributed by atoms with Crippen molar-refractivity contribution in [3.8, 4) is 0 Å². The Balaban J connectivity index is 2.32. The molecule has 0 spiro atoms. The summed E-state index contributed by atoms with van der Waals surface area (Å²) < 4.78 is 5.21. The molecule has 1 heterocycles. The third-order valence-corrected chi connectivity index (χ3v) is 3.00. The molecule has 0 aliphatic carbocycles. The second-order valence-electron chi connectivity index (χ2n) is 4.70.